The van der Waals surface area contributed by atoms with E-state index in [1.165, 1.54) is 9.75 Å². The number of rotatable bonds is 3. The molecule has 0 saturated carbocycles. The van der Waals surface area contributed by atoms with Crippen molar-refractivity contribution in [3.05, 3.63) is 21.9 Å². The van der Waals surface area contributed by atoms with Crippen LogP contribution < -0.4 is 5.32 Å². The summed E-state index contributed by atoms with van der Waals surface area (Å²) in [6.07, 6.45) is 1.16. The summed E-state index contributed by atoms with van der Waals surface area (Å²) in [5.74, 6) is 0. The Hall–Kier alpha value is -0.340. The van der Waals surface area contributed by atoms with Gasteiger partial charge in [-0.25, -0.2) is 0 Å². The van der Waals surface area contributed by atoms with E-state index in [9.17, 15) is 0 Å². The lowest BCUT2D eigenvalue weighted by Crippen LogP contribution is -2.02. The summed E-state index contributed by atoms with van der Waals surface area (Å²) in [4.78, 5) is 2.91. The Kier molecular flexibility index (Phi) is 2.90. The summed E-state index contributed by atoms with van der Waals surface area (Å²) >= 11 is 1.89. The topological polar surface area (TPSA) is 12.0 Å². The summed E-state index contributed by atoms with van der Waals surface area (Å²) in [5, 5.41) is 3.13. The Morgan fingerprint density at radius 1 is 1.40 bits per heavy atom. The van der Waals surface area contributed by atoms with Gasteiger partial charge in [0, 0.05) is 16.3 Å². The van der Waals surface area contributed by atoms with Crippen LogP contribution in [0.5, 0.6) is 0 Å². The van der Waals surface area contributed by atoms with E-state index >= 15 is 0 Å². The van der Waals surface area contributed by atoms with Crippen LogP contribution in [0.3, 0.4) is 0 Å². The molecule has 2 heteroatoms. The summed E-state index contributed by atoms with van der Waals surface area (Å²) < 4.78 is 0. The van der Waals surface area contributed by atoms with Crippen molar-refractivity contribution in [3.8, 4) is 0 Å². The molecule has 0 radical (unpaired) electrons. The van der Waals surface area contributed by atoms with Crippen LogP contribution in [0, 0.1) is 0 Å². The normalized spacial score (nSPS) is 10.2. The predicted molar refractivity (Wildman–Crippen MR) is 46.5 cm³/mol. The molecule has 0 atom stereocenters. The maximum atomic E-state index is 3.13. The first-order valence-corrected chi connectivity index (χ1v) is 4.40. The zero-order valence-corrected chi connectivity index (χ0v) is 7.29. The SMILES string of the molecule is CCc1ccc(CNC)s1. The molecule has 56 valence electrons. The zero-order chi connectivity index (χ0) is 7.40. The highest BCUT2D eigenvalue weighted by molar-refractivity contribution is 7.11. The smallest absolute Gasteiger partial charge is 0.0296 e. The first kappa shape index (κ1) is 7.76. The van der Waals surface area contributed by atoms with Gasteiger partial charge in [0.1, 0.15) is 0 Å². The minimum atomic E-state index is 1.00. The molecule has 0 amide bonds. The van der Waals surface area contributed by atoms with Crippen molar-refractivity contribution in [1.82, 2.24) is 5.32 Å². The van der Waals surface area contributed by atoms with Gasteiger partial charge in [0.15, 0.2) is 0 Å². The second kappa shape index (κ2) is 3.74. The molecule has 1 rings (SSSR count). The molecular formula is C8H13NS. The minimum Gasteiger partial charge on any atom is -0.315 e. The van der Waals surface area contributed by atoms with E-state index in [0.717, 1.165) is 13.0 Å². The Balaban J connectivity index is 2.59. The third-order valence-corrected chi connectivity index (χ3v) is 2.65. The molecular weight excluding hydrogens is 142 g/mol. The van der Waals surface area contributed by atoms with Gasteiger partial charge in [-0.1, -0.05) is 6.92 Å². The molecule has 1 aromatic heterocycles. The summed E-state index contributed by atoms with van der Waals surface area (Å²) in [5.41, 5.74) is 0. The van der Waals surface area contributed by atoms with Crippen LogP contribution in [0.1, 0.15) is 16.7 Å². The second-order valence-corrected chi connectivity index (χ2v) is 3.50. The minimum absolute atomic E-state index is 1.00. The number of hydrogen-bond acceptors (Lipinski definition) is 2. The maximum absolute atomic E-state index is 3.13. The molecule has 0 saturated heterocycles. The van der Waals surface area contributed by atoms with Gasteiger partial charge in [-0.2, -0.15) is 0 Å². The summed E-state index contributed by atoms with van der Waals surface area (Å²) in [6, 6.07) is 4.40. The Morgan fingerprint density at radius 3 is 2.60 bits per heavy atom. The van der Waals surface area contributed by atoms with E-state index in [1.54, 1.807) is 0 Å². The van der Waals surface area contributed by atoms with Crippen LogP contribution in [0.15, 0.2) is 12.1 Å². The highest BCUT2D eigenvalue weighted by Gasteiger charge is 1.94. The Morgan fingerprint density at radius 2 is 2.10 bits per heavy atom. The first-order chi connectivity index (χ1) is 4.86. The van der Waals surface area contributed by atoms with E-state index in [1.807, 2.05) is 18.4 Å². The van der Waals surface area contributed by atoms with Crippen LogP contribution in [-0.2, 0) is 13.0 Å². The highest BCUT2D eigenvalue weighted by Crippen LogP contribution is 2.15. The third kappa shape index (κ3) is 1.82. The van der Waals surface area contributed by atoms with Crippen molar-refractivity contribution in [2.75, 3.05) is 7.05 Å². The quantitative estimate of drug-likeness (QED) is 0.704. The maximum Gasteiger partial charge on any atom is 0.0296 e. The number of thiophene rings is 1. The molecule has 0 unspecified atom stereocenters. The number of aryl methyl sites for hydroxylation is 1. The summed E-state index contributed by atoms with van der Waals surface area (Å²) in [7, 11) is 1.98. The zero-order valence-electron chi connectivity index (χ0n) is 6.48. The van der Waals surface area contributed by atoms with Gasteiger partial charge in [0.25, 0.3) is 0 Å². The average molecular weight is 155 g/mol. The van der Waals surface area contributed by atoms with Crippen molar-refractivity contribution >= 4 is 11.3 Å². The number of nitrogens with one attached hydrogen (secondary N) is 1. The molecule has 1 N–H and O–H groups in total. The van der Waals surface area contributed by atoms with Gasteiger partial charge in [-0.05, 0) is 25.6 Å². The van der Waals surface area contributed by atoms with E-state index in [0.29, 0.717) is 0 Å². The molecule has 0 fully saturated rings. The first-order valence-electron chi connectivity index (χ1n) is 3.59. The Bertz CT molecular complexity index is 193. The van der Waals surface area contributed by atoms with Crippen LogP contribution in [0.4, 0.5) is 0 Å². The monoisotopic (exact) mass is 155 g/mol. The van der Waals surface area contributed by atoms with E-state index in [-0.39, 0.29) is 0 Å². The fourth-order valence-corrected chi connectivity index (χ4v) is 1.85. The molecule has 1 heterocycles. The molecule has 0 aliphatic heterocycles. The molecule has 0 aromatic carbocycles. The third-order valence-electron chi connectivity index (χ3n) is 1.42. The van der Waals surface area contributed by atoms with Crippen molar-refractivity contribution < 1.29 is 0 Å². The fourth-order valence-electron chi connectivity index (χ4n) is 0.882. The second-order valence-electron chi connectivity index (χ2n) is 2.25. The van der Waals surface area contributed by atoms with Gasteiger partial charge in [0.05, 0.1) is 0 Å². The molecule has 1 nitrogen and oxygen atoms in total. The highest BCUT2D eigenvalue weighted by atomic mass is 32.1. The lowest BCUT2D eigenvalue weighted by molar-refractivity contribution is 0.831. The Labute approximate surface area is 66.1 Å². The van der Waals surface area contributed by atoms with Crippen molar-refractivity contribution in [3.63, 3.8) is 0 Å². The molecule has 1 aromatic rings. The lowest BCUT2D eigenvalue weighted by Gasteiger charge is -1.91. The van der Waals surface area contributed by atoms with Gasteiger partial charge >= 0.3 is 0 Å². The van der Waals surface area contributed by atoms with E-state index in [4.69, 9.17) is 0 Å². The fraction of sp³-hybridized carbons (Fsp3) is 0.500. The number of hydrogen-bond donors (Lipinski definition) is 1. The van der Waals surface area contributed by atoms with E-state index < -0.39 is 0 Å². The molecule has 10 heavy (non-hydrogen) atoms. The van der Waals surface area contributed by atoms with E-state index in [2.05, 4.69) is 24.4 Å². The molecule has 0 aliphatic rings. The molecule has 0 spiro atoms. The molecule has 0 aliphatic carbocycles. The largest absolute Gasteiger partial charge is 0.315 e. The van der Waals surface area contributed by atoms with Crippen molar-refractivity contribution in [2.45, 2.75) is 19.9 Å². The van der Waals surface area contributed by atoms with Gasteiger partial charge in [-0.15, -0.1) is 11.3 Å². The average Bonchev–Trinajstić information content (AvgIpc) is 2.37. The standard InChI is InChI=1S/C8H13NS/c1-3-7-4-5-8(10-7)6-9-2/h4-5,9H,3,6H2,1-2H3. The van der Waals surface area contributed by atoms with Gasteiger partial charge in [0.2, 0.25) is 0 Å². The van der Waals surface area contributed by atoms with Gasteiger partial charge in [-0.3, -0.25) is 0 Å². The lowest BCUT2D eigenvalue weighted by atomic mass is 10.4. The van der Waals surface area contributed by atoms with Gasteiger partial charge < -0.3 is 5.32 Å². The summed E-state index contributed by atoms with van der Waals surface area (Å²) in [6.45, 7) is 3.19. The molecule has 0 bridgehead atoms. The van der Waals surface area contributed by atoms with Crippen LogP contribution >= 0.6 is 11.3 Å². The van der Waals surface area contributed by atoms with Crippen LogP contribution in [0.2, 0.25) is 0 Å². The van der Waals surface area contributed by atoms with Crippen molar-refractivity contribution in [1.29, 1.82) is 0 Å². The van der Waals surface area contributed by atoms with Crippen molar-refractivity contribution in [2.24, 2.45) is 0 Å². The van der Waals surface area contributed by atoms with Crippen LogP contribution in [0.25, 0.3) is 0 Å². The predicted octanol–water partition coefficient (Wildman–Crippen LogP) is 2.03. The van der Waals surface area contributed by atoms with Crippen LogP contribution in [-0.4, -0.2) is 7.05 Å².